The maximum Gasteiger partial charge on any atom is 0.392 e. The molecule has 0 spiro atoms. The van der Waals surface area contributed by atoms with Crippen molar-refractivity contribution < 1.29 is 97.1 Å². The van der Waals surface area contributed by atoms with E-state index in [9.17, 15) is 52.7 Å². The SMILES string of the molecule is Fc1c(F)c(F)c([B-](c2c(F)c(F)c(F)c(F)c2F)(c2c(F)c(F)c(F)c(F)c2F)c2c(F)c(F)c(F)c(F)c2F)c(F)c1F.N#Cc1ccc(Oc2cncc[n+]2Cc2ccccc2)cc1. The van der Waals surface area contributed by atoms with Crippen LogP contribution in [0.3, 0.4) is 0 Å². The summed E-state index contributed by atoms with van der Waals surface area (Å²) in [6.45, 7) is 0.703. The molecule has 4 nitrogen and oxygen atoms in total. The molecular weight excluding hydrogens is 953 g/mol. The molecule has 0 fully saturated rings. The predicted molar refractivity (Wildman–Crippen MR) is 190 cm³/mol. The van der Waals surface area contributed by atoms with Crippen molar-refractivity contribution >= 4 is 28.0 Å². The summed E-state index contributed by atoms with van der Waals surface area (Å²) in [5, 5.41) is 8.82. The lowest BCUT2D eigenvalue weighted by molar-refractivity contribution is -0.692. The van der Waals surface area contributed by atoms with E-state index >= 15 is 35.1 Å². The van der Waals surface area contributed by atoms with Crippen LogP contribution >= 0.6 is 0 Å². The molecule has 6 aromatic carbocycles. The molecule has 25 heteroatoms. The minimum absolute atomic E-state index is 0.607. The minimum Gasteiger partial charge on any atom is -0.404 e. The number of hydrogen-bond donors (Lipinski definition) is 0. The van der Waals surface area contributed by atoms with Gasteiger partial charge in [-0.1, -0.05) is 30.3 Å². The minimum atomic E-state index is -7.22. The second kappa shape index (κ2) is 18.7. The Morgan fingerprint density at radius 2 is 0.746 bits per heavy atom. The third-order valence-electron chi connectivity index (χ3n) is 9.91. The van der Waals surface area contributed by atoms with Crippen LogP contribution in [0.4, 0.5) is 87.8 Å². The summed E-state index contributed by atoms with van der Waals surface area (Å²) in [4.78, 5) is 4.12. The van der Waals surface area contributed by atoms with Crippen LogP contribution < -0.4 is 31.2 Å². The highest BCUT2D eigenvalue weighted by Gasteiger charge is 2.52. The first-order valence-electron chi connectivity index (χ1n) is 17.8. The Labute approximate surface area is 360 Å². The van der Waals surface area contributed by atoms with E-state index in [4.69, 9.17) is 10.00 Å². The lowest BCUT2D eigenvalue weighted by atomic mass is 9.12. The number of nitriles is 1. The quantitative estimate of drug-likeness (QED) is 0.0503. The molecule has 7 aromatic rings. The van der Waals surface area contributed by atoms with E-state index in [0.29, 0.717) is 23.7 Å². The molecule has 0 bridgehead atoms. The summed E-state index contributed by atoms with van der Waals surface area (Å²) in [6, 6.07) is 19.3. The zero-order valence-corrected chi connectivity index (χ0v) is 32.0. The van der Waals surface area contributed by atoms with Crippen LogP contribution in [-0.2, 0) is 6.54 Å². The Bertz CT molecular complexity index is 2770. The standard InChI is InChI=1S/C24BF20.C18H14N3O/c26-5-1(6(27)14(35)21(42)13(5)34)25(2-7(28)15(36)22(43)16(37)8(2)29,3-9(30)17(38)23(44)18(39)10(3)31)4-11(32)19(40)24(45)20(41)12(4)33;19-12-15-6-8-17(9-7-15)22-18-13-20-10-11-21(18)14-16-4-2-1-3-5-16/h;1-11,13H,14H2/q-1;+1. The van der Waals surface area contributed by atoms with Gasteiger partial charge in [0.1, 0.15) is 64.6 Å². The normalized spacial score (nSPS) is 11.3. The molecule has 0 aliphatic carbocycles. The highest BCUT2D eigenvalue weighted by molar-refractivity contribution is 7.20. The molecule has 0 N–H and O–H groups in total. The average molecular weight is 967 g/mol. The smallest absolute Gasteiger partial charge is 0.392 e. The molecule has 0 saturated carbocycles. The van der Waals surface area contributed by atoms with Crippen LogP contribution in [0.2, 0.25) is 0 Å². The molecule has 0 atom stereocenters. The van der Waals surface area contributed by atoms with Crippen molar-refractivity contribution in [1.29, 1.82) is 5.26 Å². The van der Waals surface area contributed by atoms with Gasteiger partial charge in [-0.15, -0.1) is 21.9 Å². The van der Waals surface area contributed by atoms with Crippen molar-refractivity contribution in [2.45, 2.75) is 6.54 Å². The number of halogens is 20. The second-order valence-electron chi connectivity index (χ2n) is 13.6. The van der Waals surface area contributed by atoms with E-state index in [1.54, 1.807) is 36.7 Å². The van der Waals surface area contributed by atoms with Gasteiger partial charge in [0, 0.05) is 5.56 Å². The Balaban J connectivity index is 0.000000279. The fourth-order valence-corrected chi connectivity index (χ4v) is 6.96. The van der Waals surface area contributed by atoms with Gasteiger partial charge in [0.15, 0.2) is 82.5 Å². The van der Waals surface area contributed by atoms with Crippen LogP contribution in [0.25, 0.3) is 0 Å². The van der Waals surface area contributed by atoms with Gasteiger partial charge in [0.2, 0.25) is 0 Å². The topological polar surface area (TPSA) is 49.8 Å². The fraction of sp³-hybridized carbons (Fsp3) is 0.0238. The van der Waals surface area contributed by atoms with Crippen molar-refractivity contribution in [2.75, 3.05) is 0 Å². The van der Waals surface area contributed by atoms with Crippen LogP contribution in [-0.4, -0.2) is 11.1 Å². The van der Waals surface area contributed by atoms with E-state index in [0.717, 1.165) is 0 Å². The number of aromatic nitrogens is 2. The number of rotatable bonds is 8. The maximum absolute atomic E-state index is 15.4. The summed E-state index contributed by atoms with van der Waals surface area (Å²) in [5.41, 5.74) is -12.5. The molecule has 346 valence electrons. The van der Waals surface area contributed by atoms with E-state index in [1.807, 2.05) is 29.0 Å². The second-order valence-corrected chi connectivity index (χ2v) is 13.6. The van der Waals surface area contributed by atoms with Gasteiger partial charge < -0.3 is 4.74 Å². The van der Waals surface area contributed by atoms with E-state index < -0.39 is 144 Å². The van der Waals surface area contributed by atoms with Gasteiger partial charge >= 0.3 is 5.88 Å². The Kier molecular flexibility index (Phi) is 13.6. The summed E-state index contributed by atoms with van der Waals surface area (Å²) >= 11 is 0. The molecule has 0 radical (unpaired) electrons. The molecule has 67 heavy (non-hydrogen) atoms. The molecule has 0 aliphatic heterocycles. The van der Waals surface area contributed by atoms with Crippen molar-refractivity contribution in [3.63, 3.8) is 0 Å². The van der Waals surface area contributed by atoms with Gasteiger partial charge in [0.25, 0.3) is 0 Å². The number of ether oxygens (including phenoxy) is 1. The van der Waals surface area contributed by atoms with E-state index in [1.165, 1.54) is 5.56 Å². The Morgan fingerprint density at radius 1 is 0.433 bits per heavy atom. The first-order valence-corrected chi connectivity index (χ1v) is 17.8. The Morgan fingerprint density at radius 3 is 1.06 bits per heavy atom. The lowest BCUT2D eigenvalue weighted by Crippen LogP contribution is -2.81. The molecule has 0 saturated heterocycles. The number of benzene rings is 6. The van der Waals surface area contributed by atoms with Crippen LogP contribution in [0.5, 0.6) is 11.6 Å². The summed E-state index contributed by atoms with van der Waals surface area (Å²) in [5.74, 6) is -70.1. The van der Waals surface area contributed by atoms with E-state index in [2.05, 4.69) is 23.2 Å². The fourth-order valence-electron chi connectivity index (χ4n) is 6.96. The highest BCUT2D eigenvalue weighted by atomic mass is 19.2. The summed E-state index contributed by atoms with van der Waals surface area (Å²) in [7, 11) is 0. The van der Waals surface area contributed by atoms with Crippen molar-refractivity contribution in [3.05, 3.63) is 201 Å². The summed E-state index contributed by atoms with van der Waals surface area (Å²) in [6.07, 6.45) is -1.92. The van der Waals surface area contributed by atoms with Crippen LogP contribution in [0.1, 0.15) is 11.1 Å². The predicted octanol–water partition coefficient (Wildman–Crippen LogP) is 8.93. The van der Waals surface area contributed by atoms with Gasteiger partial charge in [-0.25, -0.2) is 92.8 Å². The largest absolute Gasteiger partial charge is 0.404 e. The lowest BCUT2D eigenvalue weighted by Gasteiger charge is -2.44. The maximum atomic E-state index is 15.4. The average Bonchev–Trinajstić information content (AvgIpc) is 3.32. The van der Waals surface area contributed by atoms with E-state index in [-0.39, 0.29) is 0 Å². The van der Waals surface area contributed by atoms with Crippen LogP contribution in [0.15, 0.2) is 73.2 Å². The van der Waals surface area contributed by atoms with Gasteiger partial charge in [0.05, 0.1) is 17.8 Å². The van der Waals surface area contributed by atoms with Crippen molar-refractivity contribution in [1.82, 2.24) is 4.98 Å². The zero-order chi connectivity index (χ0) is 49.6. The van der Waals surface area contributed by atoms with Gasteiger partial charge in [-0.05, 0) is 24.3 Å². The first kappa shape index (κ1) is 48.8. The Hall–Kier alpha value is -7.65. The first-order chi connectivity index (χ1) is 31.5. The van der Waals surface area contributed by atoms with Gasteiger partial charge in [-0.2, -0.15) is 9.83 Å². The third kappa shape index (κ3) is 8.09. The summed E-state index contributed by atoms with van der Waals surface area (Å²) < 4.78 is 302. The molecule has 0 unspecified atom stereocenters. The molecule has 1 heterocycles. The monoisotopic (exact) mass is 967 g/mol. The zero-order valence-electron chi connectivity index (χ0n) is 32.0. The highest BCUT2D eigenvalue weighted by Crippen LogP contribution is 2.31. The van der Waals surface area contributed by atoms with Crippen molar-refractivity contribution in [2.24, 2.45) is 0 Å². The molecule has 1 aromatic heterocycles. The third-order valence-corrected chi connectivity index (χ3v) is 9.91. The molecular formula is C42H14BF20N3O. The molecule has 0 amide bonds. The van der Waals surface area contributed by atoms with Crippen LogP contribution in [0, 0.1) is 128 Å². The van der Waals surface area contributed by atoms with Gasteiger partial charge in [-0.3, -0.25) is 0 Å². The number of hydrogen-bond acceptors (Lipinski definition) is 3. The molecule has 0 aliphatic rings. The molecule has 7 rings (SSSR count). The van der Waals surface area contributed by atoms with Crippen molar-refractivity contribution in [3.8, 4) is 17.7 Å². The number of nitrogens with zero attached hydrogens (tertiary/aromatic N) is 3.